The zero-order valence-electron chi connectivity index (χ0n) is 10.1. The average molecular weight is 389 g/mol. The van der Waals surface area contributed by atoms with Gasteiger partial charge in [0.1, 0.15) is 11.5 Å². The fraction of sp³-hybridized carbons (Fsp3) is 0.0769. The summed E-state index contributed by atoms with van der Waals surface area (Å²) in [6, 6.07) is 12.3. The zero-order chi connectivity index (χ0) is 14.0. The number of hydrogen-bond donors (Lipinski definition) is 1. The van der Waals surface area contributed by atoms with Crippen molar-refractivity contribution in [2.45, 2.75) is 11.8 Å². The minimum absolute atomic E-state index is 0.113. The highest BCUT2D eigenvalue weighted by Gasteiger charge is 2.12. The van der Waals surface area contributed by atoms with E-state index in [0.29, 0.717) is 17.1 Å². The number of halogens is 1. The second-order valence-corrected chi connectivity index (χ2v) is 6.81. The van der Waals surface area contributed by atoms with Crippen LogP contribution < -0.4 is 9.88 Å². The molecule has 4 nitrogen and oxygen atoms in total. The lowest BCUT2D eigenvalue weighted by molar-refractivity contribution is 0.481. The first-order valence-electron chi connectivity index (χ1n) is 5.43. The second kappa shape index (κ2) is 5.48. The summed E-state index contributed by atoms with van der Waals surface area (Å²) in [5, 5.41) is 5.11. The van der Waals surface area contributed by atoms with E-state index >= 15 is 0 Å². The number of primary sulfonamides is 1. The van der Waals surface area contributed by atoms with Gasteiger partial charge in [-0.25, -0.2) is 13.6 Å². The third-order valence-electron chi connectivity index (χ3n) is 2.48. The zero-order valence-corrected chi connectivity index (χ0v) is 13.1. The summed E-state index contributed by atoms with van der Waals surface area (Å²) in [7, 11) is -3.69. The molecule has 0 amide bonds. The molecule has 2 aromatic carbocycles. The fourth-order valence-electron chi connectivity index (χ4n) is 1.67. The van der Waals surface area contributed by atoms with E-state index in [1.807, 2.05) is 24.3 Å². The number of ether oxygens (including phenoxy) is 1. The van der Waals surface area contributed by atoms with Crippen LogP contribution in [0, 0.1) is 10.5 Å². The Morgan fingerprint density at radius 3 is 2.37 bits per heavy atom. The van der Waals surface area contributed by atoms with Crippen LogP contribution in [0.2, 0.25) is 0 Å². The molecule has 0 heterocycles. The van der Waals surface area contributed by atoms with Crippen LogP contribution in [0.5, 0.6) is 11.5 Å². The lowest BCUT2D eigenvalue weighted by Gasteiger charge is -2.09. The maximum Gasteiger partial charge on any atom is 0.238 e. The van der Waals surface area contributed by atoms with E-state index in [9.17, 15) is 8.42 Å². The molecule has 19 heavy (non-hydrogen) atoms. The summed E-state index contributed by atoms with van der Waals surface area (Å²) < 4.78 is 29.3. The van der Waals surface area contributed by atoms with E-state index in [1.165, 1.54) is 6.07 Å². The van der Waals surface area contributed by atoms with Gasteiger partial charge in [0, 0.05) is 3.57 Å². The molecule has 6 heteroatoms. The smallest absolute Gasteiger partial charge is 0.238 e. The number of rotatable bonds is 3. The monoisotopic (exact) mass is 389 g/mol. The standard InChI is InChI=1S/C13H12INO3S/c1-9-7-12(5-6-13(9)19(15,16)17)18-11-4-2-3-10(14)8-11/h2-8H,1H3,(H2,15,16,17). The first-order chi connectivity index (χ1) is 8.86. The van der Waals surface area contributed by atoms with Crippen molar-refractivity contribution < 1.29 is 13.2 Å². The van der Waals surface area contributed by atoms with Crippen molar-refractivity contribution in [1.29, 1.82) is 0 Å². The molecule has 0 aromatic heterocycles. The Morgan fingerprint density at radius 1 is 1.11 bits per heavy atom. The quantitative estimate of drug-likeness (QED) is 0.821. The molecule has 0 fully saturated rings. The molecular formula is C13H12INO3S. The minimum Gasteiger partial charge on any atom is -0.457 e. The van der Waals surface area contributed by atoms with Crippen LogP contribution in [0.15, 0.2) is 47.4 Å². The average Bonchev–Trinajstić information content (AvgIpc) is 2.27. The molecule has 2 aromatic rings. The summed E-state index contributed by atoms with van der Waals surface area (Å²) in [6.07, 6.45) is 0. The van der Waals surface area contributed by atoms with Crippen LogP contribution >= 0.6 is 22.6 Å². The molecule has 0 unspecified atom stereocenters. The molecule has 0 radical (unpaired) electrons. The molecule has 0 atom stereocenters. The summed E-state index contributed by atoms with van der Waals surface area (Å²) in [5.74, 6) is 1.28. The van der Waals surface area contributed by atoms with Gasteiger partial charge in [-0.15, -0.1) is 0 Å². The van der Waals surface area contributed by atoms with Gasteiger partial charge in [-0.3, -0.25) is 0 Å². The van der Waals surface area contributed by atoms with Gasteiger partial charge in [-0.05, 0) is 71.5 Å². The van der Waals surface area contributed by atoms with E-state index in [-0.39, 0.29) is 4.90 Å². The van der Waals surface area contributed by atoms with Crippen LogP contribution in [-0.4, -0.2) is 8.42 Å². The normalized spacial score (nSPS) is 11.3. The Bertz CT molecular complexity index is 714. The first kappa shape index (κ1) is 14.3. The molecular weight excluding hydrogens is 377 g/mol. The van der Waals surface area contributed by atoms with E-state index in [0.717, 1.165) is 3.57 Å². The van der Waals surface area contributed by atoms with Crippen molar-refractivity contribution in [3.8, 4) is 11.5 Å². The van der Waals surface area contributed by atoms with Crippen molar-refractivity contribution >= 4 is 32.6 Å². The van der Waals surface area contributed by atoms with Gasteiger partial charge in [-0.2, -0.15) is 0 Å². The third kappa shape index (κ3) is 3.68. The van der Waals surface area contributed by atoms with Crippen molar-refractivity contribution in [1.82, 2.24) is 0 Å². The maximum atomic E-state index is 11.3. The van der Waals surface area contributed by atoms with Gasteiger partial charge in [0.05, 0.1) is 4.90 Å². The first-order valence-corrected chi connectivity index (χ1v) is 8.05. The Kier molecular flexibility index (Phi) is 4.12. The third-order valence-corrected chi connectivity index (χ3v) is 4.23. The van der Waals surface area contributed by atoms with Crippen LogP contribution in [0.25, 0.3) is 0 Å². The van der Waals surface area contributed by atoms with E-state index < -0.39 is 10.0 Å². The molecule has 0 aliphatic carbocycles. The highest BCUT2D eigenvalue weighted by molar-refractivity contribution is 14.1. The number of nitrogens with two attached hydrogens (primary N) is 1. The largest absolute Gasteiger partial charge is 0.457 e. The van der Waals surface area contributed by atoms with E-state index in [2.05, 4.69) is 22.6 Å². The van der Waals surface area contributed by atoms with Gasteiger partial charge in [0.15, 0.2) is 0 Å². The second-order valence-electron chi connectivity index (χ2n) is 4.03. The molecule has 0 aliphatic heterocycles. The lowest BCUT2D eigenvalue weighted by Crippen LogP contribution is -2.13. The number of aryl methyl sites for hydroxylation is 1. The molecule has 0 saturated carbocycles. The highest BCUT2D eigenvalue weighted by atomic mass is 127. The van der Waals surface area contributed by atoms with E-state index in [4.69, 9.17) is 9.88 Å². The lowest BCUT2D eigenvalue weighted by atomic mass is 10.2. The van der Waals surface area contributed by atoms with Crippen LogP contribution in [0.4, 0.5) is 0 Å². The van der Waals surface area contributed by atoms with Crippen molar-refractivity contribution in [2.75, 3.05) is 0 Å². The van der Waals surface area contributed by atoms with Gasteiger partial charge >= 0.3 is 0 Å². The Hall–Kier alpha value is -1.12. The maximum absolute atomic E-state index is 11.3. The molecule has 2 rings (SSSR count). The van der Waals surface area contributed by atoms with Crippen LogP contribution in [-0.2, 0) is 10.0 Å². The highest BCUT2D eigenvalue weighted by Crippen LogP contribution is 2.26. The molecule has 100 valence electrons. The van der Waals surface area contributed by atoms with Crippen molar-refractivity contribution in [2.24, 2.45) is 5.14 Å². The summed E-state index contributed by atoms with van der Waals surface area (Å²) >= 11 is 2.19. The molecule has 0 aliphatic rings. The topological polar surface area (TPSA) is 69.4 Å². The minimum atomic E-state index is -3.69. The molecule has 0 bridgehead atoms. The van der Waals surface area contributed by atoms with Gasteiger partial charge in [0.25, 0.3) is 0 Å². The fourth-order valence-corrected chi connectivity index (χ4v) is 2.95. The van der Waals surface area contributed by atoms with Crippen LogP contribution in [0.3, 0.4) is 0 Å². The molecule has 2 N–H and O–H groups in total. The summed E-state index contributed by atoms with van der Waals surface area (Å²) in [5.41, 5.74) is 0.561. The SMILES string of the molecule is Cc1cc(Oc2cccc(I)c2)ccc1S(N)(=O)=O. The van der Waals surface area contributed by atoms with Gasteiger partial charge in [-0.1, -0.05) is 6.07 Å². The summed E-state index contributed by atoms with van der Waals surface area (Å²) in [4.78, 5) is 0.113. The molecule has 0 spiro atoms. The molecule has 0 saturated heterocycles. The Morgan fingerprint density at radius 2 is 1.79 bits per heavy atom. The van der Waals surface area contributed by atoms with Crippen molar-refractivity contribution in [3.05, 3.63) is 51.6 Å². The van der Waals surface area contributed by atoms with Gasteiger partial charge in [0.2, 0.25) is 10.0 Å². The number of benzene rings is 2. The Labute approximate surface area is 125 Å². The van der Waals surface area contributed by atoms with Gasteiger partial charge < -0.3 is 4.74 Å². The van der Waals surface area contributed by atoms with Crippen LogP contribution in [0.1, 0.15) is 5.56 Å². The predicted molar refractivity (Wildman–Crippen MR) is 81.8 cm³/mol. The number of sulfonamides is 1. The number of hydrogen-bond acceptors (Lipinski definition) is 3. The predicted octanol–water partition coefficient (Wildman–Crippen LogP) is 3.04. The summed E-state index contributed by atoms with van der Waals surface area (Å²) in [6.45, 7) is 1.68. The van der Waals surface area contributed by atoms with E-state index in [1.54, 1.807) is 19.1 Å². The van der Waals surface area contributed by atoms with Crippen molar-refractivity contribution in [3.63, 3.8) is 0 Å². The Balaban J connectivity index is 2.31.